The highest BCUT2D eigenvalue weighted by atomic mass is 35.5. The van der Waals surface area contributed by atoms with Gasteiger partial charge in [-0.15, -0.1) is 15.9 Å². The van der Waals surface area contributed by atoms with Gasteiger partial charge in [-0.25, -0.2) is 4.79 Å². The van der Waals surface area contributed by atoms with E-state index >= 15 is 0 Å². The maximum atomic E-state index is 11.5. The molecular formula is C18H12ClN2O5S-. The molecule has 138 valence electrons. The van der Waals surface area contributed by atoms with Gasteiger partial charge in [0, 0.05) is 5.02 Å². The number of rotatable bonds is 6. The first kappa shape index (κ1) is 18.8. The van der Waals surface area contributed by atoms with Gasteiger partial charge in [-0.2, -0.15) is 0 Å². The molecule has 1 N–H and O–H groups in total. The smallest absolute Gasteiger partial charge is 0.342 e. The van der Waals surface area contributed by atoms with E-state index in [0.717, 1.165) is 11.8 Å². The number of benzene rings is 2. The Morgan fingerprint density at radius 2 is 2.00 bits per heavy atom. The predicted molar refractivity (Wildman–Crippen MR) is 98.7 cm³/mol. The van der Waals surface area contributed by atoms with E-state index in [4.69, 9.17) is 20.8 Å². The van der Waals surface area contributed by atoms with Crippen LogP contribution in [0.2, 0.25) is 5.02 Å². The van der Waals surface area contributed by atoms with Gasteiger partial charge in [0.25, 0.3) is 11.1 Å². The van der Waals surface area contributed by atoms with Crippen LogP contribution in [0.15, 0.2) is 57.0 Å². The molecule has 0 radical (unpaired) electrons. The third kappa shape index (κ3) is 4.60. The van der Waals surface area contributed by atoms with Crippen molar-refractivity contribution in [2.45, 2.75) is 5.22 Å². The van der Waals surface area contributed by atoms with Crippen molar-refractivity contribution in [1.82, 2.24) is 10.2 Å². The predicted octanol–water partition coefficient (Wildman–Crippen LogP) is 3.69. The van der Waals surface area contributed by atoms with Gasteiger partial charge in [-0.3, -0.25) is 0 Å². The molecule has 3 aromatic rings. The van der Waals surface area contributed by atoms with Crippen molar-refractivity contribution in [3.63, 3.8) is 0 Å². The minimum absolute atomic E-state index is 0.0399. The van der Waals surface area contributed by atoms with Crippen LogP contribution >= 0.6 is 23.4 Å². The maximum Gasteiger partial charge on any atom is 0.342 e. The average molecular weight is 404 g/mol. The summed E-state index contributed by atoms with van der Waals surface area (Å²) in [6.45, 7) is 0. The first-order valence-corrected chi connectivity index (χ1v) is 8.73. The van der Waals surface area contributed by atoms with E-state index < -0.39 is 5.97 Å². The van der Waals surface area contributed by atoms with Crippen LogP contribution in [0.3, 0.4) is 0 Å². The molecule has 3 rings (SSSR count). The molecule has 27 heavy (non-hydrogen) atoms. The van der Waals surface area contributed by atoms with E-state index in [9.17, 15) is 15.0 Å². The van der Waals surface area contributed by atoms with E-state index in [0.29, 0.717) is 21.9 Å². The van der Waals surface area contributed by atoms with Crippen LogP contribution < -0.4 is 9.84 Å². The molecule has 0 atom stereocenters. The number of aliphatic carboxylic acids is 1. The summed E-state index contributed by atoms with van der Waals surface area (Å²) in [5.74, 6) is -0.677. The molecule has 0 unspecified atom stereocenters. The quantitative estimate of drug-likeness (QED) is 0.490. The number of nitrogens with zero attached hydrogens (tertiary/aromatic N) is 2. The second kappa shape index (κ2) is 8.15. The van der Waals surface area contributed by atoms with Gasteiger partial charge in [-0.1, -0.05) is 35.9 Å². The SMILES string of the molecule is COc1ccc(Cl)cc1-c1nnc(S/C(=C\c2ccc([O-])cc2)C(=O)O)o1. The summed E-state index contributed by atoms with van der Waals surface area (Å²) in [6, 6.07) is 10.7. The van der Waals surface area contributed by atoms with E-state index in [1.165, 1.54) is 37.5 Å². The Morgan fingerprint density at radius 3 is 2.67 bits per heavy atom. The monoisotopic (exact) mass is 403 g/mol. The normalized spacial score (nSPS) is 11.4. The topological polar surface area (TPSA) is 109 Å². The fourth-order valence-electron chi connectivity index (χ4n) is 2.15. The highest BCUT2D eigenvalue weighted by molar-refractivity contribution is 8.03. The molecule has 1 aromatic heterocycles. The summed E-state index contributed by atoms with van der Waals surface area (Å²) in [5.41, 5.74) is 1.06. The third-order valence-corrected chi connectivity index (χ3v) is 4.47. The highest BCUT2D eigenvalue weighted by Gasteiger charge is 2.18. The largest absolute Gasteiger partial charge is 0.872 e. The Hall–Kier alpha value is -2.97. The van der Waals surface area contributed by atoms with Crippen molar-refractivity contribution in [2.24, 2.45) is 0 Å². The number of carboxylic acids is 1. The zero-order valence-corrected chi connectivity index (χ0v) is 15.5. The molecule has 9 heteroatoms. The van der Waals surface area contributed by atoms with Crippen LogP contribution in [0.5, 0.6) is 11.5 Å². The summed E-state index contributed by atoms with van der Waals surface area (Å²) in [7, 11) is 1.50. The van der Waals surface area contributed by atoms with Gasteiger partial charge < -0.3 is 19.4 Å². The zero-order chi connectivity index (χ0) is 19.4. The fraction of sp³-hybridized carbons (Fsp3) is 0.0556. The lowest BCUT2D eigenvalue weighted by atomic mass is 10.2. The van der Waals surface area contributed by atoms with Crippen LogP contribution in [-0.2, 0) is 4.79 Å². The summed E-state index contributed by atoms with van der Waals surface area (Å²) in [5, 5.41) is 28.9. The number of carboxylic acid groups (broad SMARTS) is 1. The van der Waals surface area contributed by atoms with Crippen LogP contribution in [-0.4, -0.2) is 28.4 Å². The van der Waals surface area contributed by atoms with Crippen LogP contribution in [0, 0.1) is 0 Å². The molecule has 2 aromatic carbocycles. The summed E-state index contributed by atoms with van der Waals surface area (Å²) >= 11 is 6.80. The zero-order valence-electron chi connectivity index (χ0n) is 13.9. The molecule has 0 aliphatic heterocycles. The number of methoxy groups -OCH3 is 1. The number of hydrogen-bond donors (Lipinski definition) is 1. The molecule has 0 fully saturated rings. The van der Waals surface area contributed by atoms with Gasteiger partial charge in [0.15, 0.2) is 0 Å². The summed E-state index contributed by atoms with van der Waals surface area (Å²) in [4.78, 5) is 11.5. The number of carbonyl (C=O) groups is 1. The van der Waals surface area contributed by atoms with E-state index in [1.807, 2.05) is 0 Å². The van der Waals surface area contributed by atoms with E-state index in [1.54, 1.807) is 18.2 Å². The first-order chi connectivity index (χ1) is 13.0. The lowest BCUT2D eigenvalue weighted by Gasteiger charge is -2.05. The van der Waals surface area contributed by atoms with Crippen LogP contribution in [0.4, 0.5) is 0 Å². The lowest BCUT2D eigenvalue weighted by molar-refractivity contribution is -0.268. The molecule has 0 saturated carbocycles. The number of thioether (sulfide) groups is 1. The third-order valence-electron chi connectivity index (χ3n) is 3.38. The Kier molecular flexibility index (Phi) is 5.68. The second-order valence-electron chi connectivity index (χ2n) is 5.20. The van der Waals surface area contributed by atoms with Gasteiger partial charge in [-0.05, 0) is 41.6 Å². The highest BCUT2D eigenvalue weighted by Crippen LogP contribution is 2.35. The van der Waals surface area contributed by atoms with Gasteiger partial charge in [0.05, 0.1) is 12.7 Å². The van der Waals surface area contributed by atoms with Crippen LogP contribution in [0.1, 0.15) is 5.56 Å². The molecule has 0 saturated heterocycles. The summed E-state index contributed by atoms with van der Waals surface area (Å²) < 4.78 is 10.8. The van der Waals surface area contributed by atoms with Gasteiger partial charge in [0.1, 0.15) is 10.7 Å². The molecule has 0 bridgehead atoms. The molecule has 0 aliphatic rings. The fourth-order valence-corrected chi connectivity index (χ4v) is 3.00. The number of hydrogen-bond acceptors (Lipinski definition) is 7. The van der Waals surface area contributed by atoms with Crippen molar-refractivity contribution >= 4 is 35.4 Å². The van der Waals surface area contributed by atoms with Crippen molar-refractivity contribution in [2.75, 3.05) is 7.11 Å². The second-order valence-corrected chi connectivity index (χ2v) is 6.63. The van der Waals surface area contributed by atoms with Crippen LogP contribution in [0.25, 0.3) is 17.5 Å². The number of halogens is 1. The van der Waals surface area contributed by atoms with Crippen molar-refractivity contribution in [3.05, 3.63) is 58.0 Å². The molecular weight excluding hydrogens is 392 g/mol. The van der Waals surface area contributed by atoms with Gasteiger partial charge in [0.2, 0.25) is 0 Å². The molecule has 0 amide bonds. The summed E-state index contributed by atoms with van der Waals surface area (Å²) in [6.07, 6.45) is 1.41. The minimum Gasteiger partial charge on any atom is -0.872 e. The number of ether oxygens (including phenoxy) is 1. The number of aromatic nitrogens is 2. The molecule has 7 nitrogen and oxygen atoms in total. The first-order valence-electron chi connectivity index (χ1n) is 7.53. The molecule has 0 spiro atoms. The van der Waals surface area contributed by atoms with E-state index in [2.05, 4.69) is 10.2 Å². The maximum absolute atomic E-state index is 11.5. The standard InChI is InChI=1S/C18H13ClN2O5S/c1-25-14-7-4-11(19)9-13(14)16-20-21-18(26-16)27-15(17(23)24)8-10-2-5-12(22)6-3-10/h2-9,22H,1H3,(H,23,24)/p-1/b15-8-. The Balaban J connectivity index is 1.88. The minimum atomic E-state index is -1.16. The molecule has 1 heterocycles. The van der Waals surface area contributed by atoms with Crippen molar-refractivity contribution in [3.8, 4) is 23.0 Å². The van der Waals surface area contributed by atoms with Gasteiger partial charge >= 0.3 is 5.97 Å². The van der Waals surface area contributed by atoms with Crippen molar-refractivity contribution in [1.29, 1.82) is 0 Å². The Morgan fingerprint density at radius 1 is 1.26 bits per heavy atom. The average Bonchev–Trinajstić information content (AvgIpc) is 3.11. The Labute approximate surface area is 163 Å². The Bertz CT molecular complexity index is 1000. The van der Waals surface area contributed by atoms with Crippen molar-refractivity contribution < 1.29 is 24.2 Å². The molecule has 0 aliphatic carbocycles. The van der Waals surface area contributed by atoms with E-state index in [-0.39, 0.29) is 21.8 Å². The lowest BCUT2D eigenvalue weighted by Crippen LogP contribution is -1.97.